The molecule has 5 atom stereocenters. The average molecular weight is 765 g/mol. The first-order chi connectivity index (χ1) is 25.0. The molecule has 18 heteroatoms. The highest BCUT2D eigenvalue weighted by molar-refractivity contribution is 7.91. The second kappa shape index (κ2) is 14.7. The number of urea groups is 1. The summed E-state index contributed by atoms with van der Waals surface area (Å²) in [6, 6.07) is 1.08. The molecule has 1 aromatic rings. The standard InChI is InChI=1S/C35H43F3N6O8S/c1-3-23-16-34(23,31(47)41-53(50,51)25-12-13-25)40-29(45)28-15-24-19-44(28)30(46)27(17-35(36,37)38)39-32(48)42(2)14-7-5-4-6-9-21-10-8-11-22-18-43(20-26(21)22)33(49)52-24/h3,6,8-11,23-25,27-28H,1,4-5,7,12-20H2,2H3,(H,39,48)(H,40,45)(H,41,47)/b9-6+/t23-,24+,27-,28-,34+/m0/s1. The molecule has 0 unspecified atom stereocenters. The van der Waals surface area contributed by atoms with E-state index in [1.807, 2.05) is 35.1 Å². The van der Waals surface area contributed by atoms with Crippen molar-refractivity contribution in [2.24, 2.45) is 5.92 Å². The van der Waals surface area contributed by atoms with Crippen molar-refractivity contribution in [2.75, 3.05) is 20.1 Å². The molecule has 6 amide bonds. The largest absolute Gasteiger partial charge is 0.444 e. The number of fused-ring (bicyclic) bond motifs is 3. The molecule has 2 saturated carbocycles. The molecule has 288 valence electrons. The third-order valence-corrected chi connectivity index (χ3v) is 12.3. The summed E-state index contributed by atoms with van der Waals surface area (Å²) in [4.78, 5) is 71.4. The molecule has 14 nitrogen and oxygen atoms in total. The van der Waals surface area contributed by atoms with Crippen LogP contribution in [-0.4, -0.2) is 108 Å². The lowest BCUT2D eigenvalue weighted by Gasteiger charge is -2.31. The van der Waals surface area contributed by atoms with Crippen molar-refractivity contribution in [1.29, 1.82) is 0 Å². The zero-order valence-electron chi connectivity index (χ0n) is 29.2. The van der Waals surface area contributed by atoms with E-state index in [-0.39, 0.29) is 32.5 Å². The molecule has 3 fully saturated rings. The van der Waals surface area contributed by atoms with Crippen LogP contribution < -0.4 is 15.4 Å². The molecule has 4 bridgehead atoms. The summed E-state index contributed by atoms with van der Waals surface area (Å²) < 4.78 is 74.6. The molecular formula is C35H43F3N6O8S. The van der Waals surface area contributed by atoms with Crippen molar-refractivity contribution in [3.05, 3.63) is 53.6 Å². The van der Waals surface area contributed by atoms with Crippen LogP contribution in [0.4, 0.5) is 22.8 Å². The van der Waals surface area contributed by atoms with Gasteiger partial charge in [0.1, 0.15) is 23.7 Å². The summed E-state index contributed by atoms with van der Waals surface area (Å²) >= 11 is 0. The van der Waals surface area contributed by atoms with Gasteiger partial charge in [0.05, 0.1) is 24.8 Å². The van der Waals surface area contributed by atoms with E-state index in [2.05, 4.69) is 17.2 Å². The lowest BCUT2D eigenvalue weighted by Crippen LogP contribution is -2.59. The normalized spacial score (nSPS) is 28.8. The zero-order valence-corrected chi connectivity index (χ0v) is 30.0. The summed E-state index contributed by atoms with van der Waals surface area (Å²) in [6.07, 6.45) is -1.03. The summed E-state index contributed by atoms with van der Waals surface area (Å²) in [5, 5.41) is 3.99. The van der Waals surface area contributed by atoms with Gasteiger partial charge in [0.15, 0.2) is 0 Å². The van der Waals surface area contributed by atoms with Gasteiger partial charge < -0.3 is 25.2 Å². The maximum Gasteiger partial charge on any atom is 0.410 e. The van der Waals surface area contributed by atoms with E-state index < -0.39 is 93.9 Å². The maximum absolute atomic E-state index is 14.0. The second-order valence-electron chi connectivity index (χ2n) is 14.4. The first-order valence-corrected chi connectivity index (χ1v) is 19.2. The average Bonchev–Trinajstić information content (AvgIpc) is 3.98. The summed E-state index contributed by atoms with van der Waals surface area (Å²) in [5.74, 6) is -3.90. The first-order valence-electron chi connectivity index (χ1n) is 17.6. The van der Waals surface area contributed by atoms with Gasteiger partial charge in [0, 0.05) is 32.5 Å². The lowest BCUT2D eigenvalue weighted by atomic mass is 10.0. The number of nitrogens with zero attached hydrogens (tertiary/aromatic N) is 3. The molecule has 3 heterocycles. The Labute approximate surface area is 305 Å². The number of carbonyl (C=O) groups is 5. The fraction of sp³-hybridized carbons (Fsp3) is 0.571. The van der Waals surface area contributed by atoms with Crippen LogP contribution in [0.3, 0.4) is 0 Å². The fourth-order valence-corrected chi connectivity index (χ4v) is 8.52. The van der Waals surface area contributed by atoms with E-state index in [4.69, 9.17) is 4.74 Å². The number of ether oxygens (including phenoxy) is 1. The summed E-state index contributed by atoms with van der Waals surface area (Å²) in [6.45, 7) is 3.82. The third kappa shape index (κ3) is 8.47. The molecule has 6 rings (SSSR count). The minimum Gasteiger partial charge on any atom is -0.444 e. The predicted octanol–water partition coefficient (Wildman–Crippen LogP) is 2.94. The van der Waals surface area contributed by atoms with Crippen molar-refractivity contribution in [1.82, 2.24) is 30.1 Å². The van der Waals surface area contributed by atoms with Crippen molar-refractivity contribution in [3.8, 4) is 0 Å². The number of sulfonamides is 1. The van der Waals surface area contributed by atoms with Crippen LogP contribution in [0.5, 0.6) is 0 Å². The van der Waals surface area contributed by atoms with Crippen LogP contribution in [-0.2, 0) is 42.2 Å². The Morgan fingerprint density at radius 1 is 1.15 bits per heavy atom. The quantitative estimate of drug-likeness (QED) is 0.356. The number of nitrogens with one attached hydrogen (secondary N) is 3. The van der Waals surface area contributed by atoms with Gasteiger partial charge in [-0.05, 0) is 55.2 Å². The van der Waals surface area contributed by atoms with Crippen LogP contribution in [0, 0.1) is 5.92 Å². The van der Waals surface area contributed by atoms with Gasteiger partial charge in [-0.2, -0.15) is 13.2 Å². The summed E-state index contributed by atoms with van der Waals surface area (Å²) in [5.41, 5.74) is 1.01. The number of carbonyl (C=O) groups excluding carboxylic acids is 5. The van der Waals surface area contributed by atoms with Crippen LogP contribution in [0.2, 0.25) is 0 Å². The Morgan fingerprint density at radius 2 is 1.91 bits per heavy atom. The predicted molar refractivity (Wildman–Crippen MR) is 184 cm³/mol. The van der Waals surface area contributed by atoms with Crippen LogP contribution >= 0.6 is 0 Å². The Balaban J connectivity index is 1.29. The number of allylic oxidation sites excluding steroid dienone is 1. The highest BCUT2D eigenvalue weighted by atomic mass is 32.2. The molecule has 3 aliphatic heterocycles. The Hall–Kier alpha value is -4.61. The third-order valence-electron chi connectivity index (χ3n) is 10.4. The SMILES string of the molecule is C=C[C@H]1C[C@]1(NC(=O)[C@@H]1C[C@@H]2CN1C(=O)[C@H](CC(F)(F)F)NC(=O)N(C)CCCC/C=C/c1cccc3c1CN(C3)C(=O)O2)C(=O)NS(=O)(=O)C1CC1. The highest BCUT2D eigenvalue weighted by Gasteiger charge is 2.62. The second-order valence-corrected chi connectivity index (χ2v) is 16.4. The number of hydrogen-bond donors (Lipinski definition) is 3. The van der Waals surface area contributed by atoms with Crippen LogP contribution in [0.1, 0.15) is 68.1 Å². The molecule has 1 saturated heterocycles. The van der Waals surface area contributed by atoms with E-state index in [0.29, 0.717) is 32.1 Å². The number of rotatable bonds is 7. The van der Waals surface area contributed by atoms with E-state index in [1.54, 1.807) is 0 Å². The number of alkyl halides is 3. The molecule has 0 aromatic heterocycles. The van der Waals surface area contributed by atoms with Gasteiger partial charge in [-0.25, -0.2) is 18.0 Å². The monoisotopic (exact) mass is 764 g/mol. The minimum absolute atomic E-state index is 0.0148. The molecule has 5 aliphatic rings. The fourth-order valence-electron chi connectivity index (χ4n) is 7.16. The number of halogens is 3. The van der Waals surface area contributed by atoms with E-state index in [0.717, 1.165) is 21.6 Å². The summed E-state index contributed by atoms with van der Waals surface area (Å²) in [7, 11) is -2.62. The maximum atomic E-state index is 14.0. The van der Waals surface area contributed by atoms with Crippen molar-refractivity contribution < 1.29 is 50.3 Å². The van der Waals surface area contributed by atoms with Gasteiger partial charge in [-0.3, -0.25) is 24.0 Å². The molecular weight excluding hydrogens is 721 g/mol. The van der Waals surface area contributed by atoms with Gasteiger partial charge in [-0.15, -0.1) is 6.58 Å². The number of hydrogen-bond acceptors (Lipinski definition) is 8. The van der Waals surface area contributed by atoms with E-state index >= 15 is 0 Å². The minimum atomic E-state index is -4.90. The van der Waals surface area contributed by atoms with Crippen molar-refractivity contribution in [3.63, 3.8) is 0 Å². The van der Waals surface area contributed by atoms with Gasteiger partial charge >= 0.3 is 18.3 Å². The highest BCUT2D eigenvalue weighted by Crippen LogP contribution is 2.45. The van der Waals surface area contributed by atoms with E-state index in [1.165, 1.54) is 22.9 Å². The lowest BCUT2D eigenvalue weighted by molar-refractivity contribution is -0.155. The van der Waals surface area contributed by atoms with Crippen LogP contribution in [0.15, 0.2) is 36.9 Å². The van der Waals surface area contributed by atoms with Gasteiger partial charge in [0.25, 0.3) is 5.91 Å². The number of benzene rings is 1. The molecule has 2 aliphatic carbocycles. The Morgan fingerprint density at radius 3 is 2.58 bits per heavy atom. The first kappa shape index (κ1) is 38.1. The van der Waals surface area contributed by atoms with Gasteiger partial charge in [-0.1, -0.05) is 36.4 Å². The molecule has 0 radical (unpaired) electrons. The topological polar surface area (TPSA) is 175 Å². The van der Waals surface area contributed by atoms with Crippen LogP contribution in [0.25, 0.3) is 6.08 Å². The Bertz CT molecular complexity index is 1820. The van der Waals surface area contributed by atoms with Gasteiger partial charge in [0.2, 0.25) is 21.8 Å². The molecule has 0 spiro atoms. The number of amides is 6. The smallest absolute Gasteiger partial charge is 0.410 e. The van der Waals surface area contributed by atoms with Crippen molar-refractivity contribution in [2.45, 2.75) is 99.6 Å². The molecule has 3 N–H and O–H groups in total. The van der Waals surface area contributed by atoms with E-state index in [9.17, 15) is 45.6 Å². The van der Waals surface area contributed by atoms with Crippen molar-refractivity contribution >= 4 is 45.9 Å². The molecule has 1 aromatic carbocycles. The molecule has 53 heavy (non-hydrogen) atoms. The Kier molecular flexibility index (Phi) is 10.5. The zero-order chi connectivity index (χ0) is 38.3.